The molecule has 2 atom stereocenters. The molecule has 0 aromatic carbocycles. The molecule has 1 aliphatic heterocycles. The highest BCUT2D eigenvalue weighted by Crippen LogP contribution is 2.45. The van der Waals surface area contributed by atoms with Crippen LogP contribution in [0.3, 0.4) is 0 Å². The molecule has 0 bridgehead atoms. The van der Waals surface area contributed by atoms with Crippen LogP contribution in [-0.2, 0) is 12.8 Å². The van der Waals surface area contributed by atoms with Crippen LogP contribution < -0.4 is 16.0 Å². The molecule has 1 saturated heterocycles. The average molecular weight is 408 g/mol. The zero-order valence-corrected chi connectivity index (χ0v) is 15.9. The third kappa shape index (κ3) is 3.32. The van der Waals surface area contributed by atoms with Crippen LogP contribution in [-0.4, -0.2) is 42.3 Å². The molecule has 10 heteroatoms. The molecular formula is C16H21ClF3N5S. The quantitative estimate of drug-likeness (QED) is 0.800. The second-order valence-electron chi connectivity index (χ2n) is 6.79. The number of anilines is 2. The number of nitrogens with one attached hydrogen (secondary N) is 1. The van der Waals surface area contributed by atoms with Gasteiger partial charge in [-0.15, -0.1) is 23.7 Å². The summed E-state index contributed by atoms with van der Waals surface area (Å²) < 4.78 is 40.3. The topological polar surface area (TPSA) is 67.1 Å². The number of likely N-dealkylation sites (N-methyl/N-ethyl adjacent to an activating group) is 1. The number of alkyl halides is 3. The van der Waals surface area contributed by atoms with E-state index in [0.717, 1.165) is 34.9 Å². The van der Waals surface area contributed by atoms with Crippen LogP contribution in [0.25, 0.3) is 10.2 Å². The molecule has 144 valence electrons. The first kappa shape index (κ1) is 19.4. The van der Waals surface area contributed by atoms with Crippen molar-refractivity contribution < 1.29 is 13.2 Å². The predicted molar refractivity (Wildman–Crippen MR) is 100 cm³/mol. The van der Waals surface area contributed by atoms with Crippen LogP contribution in [0.4, 0.5) is 24.9 Å². The fourth-order valence-electron chi connectivity index (χ4n) is 3.82. The molecule has 4 rings (SSSR count). The van der Waals surface area contributed by atoms with Crippen molar-refractivity contribution in [2.75, 3.05) is 30.8 Å². The van der Waals surface area contributed by atoms with Crippen molar-refractivity contribution in [1.82, 2.24) is 15.3 Å². The third-order valence-electron chi connectivity index (χ3n) is 5.24. The number of nitrogens with two attached hydrogens (primary N) is 1. The molecule has 1 aliphatic carbocycles. The predicted octanol–water partition coefficient (Wildman–Crippen LogP) is 3.16. The second kappa shape index (κ2) is 7.01. The Kier molecular flexibility index (Phi) is 5.24. The summed E-state index contributed by atoms with van der Waals surface area (Å²) >= 11 is 1.53. The minimum Gasteiger partial charge on any atom is -0.368 e. The number of nitrogen functional groups attached to an aromatic ring is 1. The van der Waals surface area contributed by atoms with Crippen LogP contribution >= 0.6 is 23.7 Å². The minimum absolute atomic E-state index is 0. The molecule has 0 saturated carbocycles. The van der Waals surface area contributed by atoms with E-state index < -0.39 is 12.1 Å². The van der Waals surface area contributed by atoms with Gasteiger partial charge in [0.1, 0.15) is 0 Å². The van der Waals surface area contributed by atoms with Crippen LogP contribution in [0.5, 0.6) is 0 Å². The Morgan fingerprint density at radius 3 is 2.69 bits per heavy atom. The lowest BCUT2D eigenvalue weighted by atomic mass is 9.87. The van der Waals surface area contributed by atoms with Crippen molar-refractivity contribution in [3.63, 3.8) is 0 Å². The lowest BCUT2D eigenvalue weighted by molar-refractivity contribution is -0.176. The molecule has 3 N–H and O–H groups in total. The largest absolute Gasteiger partial charge is 0.392 e. The van der Waals surface area contributed by atoms with Gasteiger partial charge < -0.3 is 16.0 Å². The Hall–Kier alpha value is -1.32. The van der Waals surface area contributed by atoms with Crippen molar-refractivity contribution in [2.24, 2.45) is 5.92 Å². The summed E-state index contributed by atoms with van der Waals surface area (Å²) in [6.45, 7) is 1.67. The van der Waals surface area contributed by atoms with Crippen molar-refractivity contribution in [3.8, 4) is 0 Å². The van der Waals surface area contributed by atoms with Crippen LogP contribution in [0, 0.1) is 5.92 Å². The Labute approximate surface area is 159 Å². The first-order valence-corrected chi connectivity index (χ1v) is 9.25. The molecule has 2 aromatic rings. The number of fused-ring (bicyclic) bond motifs is 3. The van der Waals surface area contributed by atoms with Gasteiger partial charge in [0.05, 0.1) is 16.1 Å². The first-order chi connectivity index (χ1) is 11.9. The first-order valence-electron chi connectivity index (χ1n) is 8.43. The van der Waals surface area contributed by atoms with Crippen molar-refractivity contribution in [3.05, 3.63) is 10.4 Å². The zero-order chi connectivity index (χ0) is 17.8. The van der Waals surface area contributed by atoms with Crippen molar-refractivity contribution in [1.29, 1.82) is 0 Å². The molecule has 0 spiro atoms. The Morgan fingerprint density at radius 1 is 1.27 bits per heavy atom. The molecule has 26 heavy (non-hydrogen) atoms. The van der Waals surface area contributed by atoms with Gasteiger partial charge in [-0.05, 0) is 38.3 Å². The number of nitrogens with zero attached hydrogens (tertiary/aromatic N) is 3. The normalized spacial score (nSPS) is 23.2. The summed E-state index contributed by atoms with van der Waals surface area (Å²) in [5.41, 5.74) is 7.22. The SMILES string of the molecule is CN[C@@H]1CCN(c2nc(N)nc3c4c(sc23)CCC(C(F)(F)F)C4)C1.Cl. The van der Waals surface area contributed by atoms with Gasteiger partial charge >= 0.3 is 6.18 Å². The number of aryl methyl sites for hydroxylation is 1. The molecule has 3 heterocycles. The van der Waals surface area contributed by atoms with Crippen LogP contribution in [0.1, 0.15) is 23.3 Å². The summed E-state index contributed by atoms with van der Waals surface area (Å²) in [6.07, 6.45) is -2.58. The van der Waals surface area contributed by atoms with E-state index in [-0.39, 0.29) is 31.2 Å². The monoisotopic (exact) mass is 407 g/mol. The van der Waals surface area contributed by atoms with Gasteiger partial charge in [0, 0.05) is 24.0 Å². The smallest absolute Gasteiger partial charge is 0.368 e. The molecule has 1 fully saturated rings. The number of aromatic nitrogens is 2. The highest BCUT2D eigenvalue weighted by Gasteiger charge is 2.42. The maximum atomic E-state index is 13.2. The van der Waals surface area contributed by atoms with E-state index in [1.54, 1.807) is 0 Å². The maximum absolute atomic E-state index is 13.2. The van der Waals surface area contributed by atoms with E-state index in [1.807, 2.05) is 7.05 Å². The molecule has 0 amide bonds. The number of hydrogen-bond donors (Lipinski definition) is 2. The summed E-state index contributed by atoms with van der Waals surface area (Å²) in [5.74, 6) is -0.397. The molecule has 0 radical (unpaired) electrons. The van der Waals surface area contributed by atoms with E-state index >= 15 is 0 Å². The van der Waals surface area contributed by atoms with Gasteiger partial charge in [0.2, 0.25) is 5.95 Å². The Morgan fingerprint density at radius 2 is 2.04 bits per heavy atom. The maximum Gasteiger partial charge on any atom is 0.392 e. The highest BCUT2D eigenvalue weighted by molar-refractivity contribution is 7.19. The number of halogens is 4. The standard InChI is InChI=1S/C16H20F3N5S.ClH/c1-21-9-4-5-24(7-9)14-13-12(22-15(20)23-14)10-6-8(16(17,18)19)2-3-11(10)25-13;/h8-9,21H,2-7H2,1H3,(H2,20,22,23);1H/t8?,9-;/m1./s1. The van der Waals surface area contributed by atoms with Gasteiger partial charge in [-0.3, -0.25) is 0 Å². The summed E-state index contributed by atoms with van der Waals surface area (Å²) in [7, 11) is 1.93. The molecule has 2 aromatic heterocycles. The molecule has 1 unspecified atom stereocenters. The van der Waals surface area contributed by atoms with Crippen LogP contribution in [0.15, 0.2) is 0 Å². The van der Waals surface area contributed by atoms with Crippen LogP contribution in [0.2, 0.25) is 0 Å². The van der Waals surface area contributed by atoms with Gasteiger partial charge in [0.25, 0.3) is 0 Å². The minimum atomic E-state index is -4.16. The number of thiophene rings is 1. The van der Waals surface area contributed by atoms with Crippen molar-refractivity contribution >= 4 is 45.7 Å². The molecular weight excluding hydrogens is 387 g/mol. The fraction of sp³-hybridized carbons (Fsp3) is 0.625. The van der Waals surface area contributed by atoms with E-state index in [4.69, 9.17) is 5.73 Å². The van der Waals surface area contributed by atoms with Gasteiger partial charge in [0.15, 0.2) is 5.82 Å². The second-order valence-corrected chi connectivity index (χ2v) is 7.89. The van der Waals surface area contributed by atoms with E-state index in [9.17, 15) is 13.2 Å². The van der Waals surface area contributed by atoms with Gasteiger partial charge in [-0.2, -0.15) is 18.2 Å². The van der Waals surface area contributed by atoms with Gasteiger partial charge in [-0.1, -0.05) is 0 Å². The Bertz CT molecular complexity index is 809. The lowest BCUT2D eigenvalue weighted by Gasteiger charge is -2.24. The van der Waals surface area contributed by atoms with Crippen molar-refractivity contribution in [2.45, 2.75) is 37.9 Å². The third-order valence-corrected chi connectivity index (χ3v) is 6.52. The van der Waals surface area contributed by atoms with E-state index in [1.165, 1.54) is 11.3 Å². The Balaban J connectivity index is 0.00000196. The lowest BCUT2D eigenvalue weighted by Crippen LogP contribution is -2.30. The number of rotatable bonds is 2. The molecule has 5 nitrogen and oxygen atoms in total. The van der Waals surface area contributed by atoms with E-state index in [0.29, 0.717) is 23.5 Å². The fourth-order valence-corrected chi connectivity index (χ4v) is 5.12. The van der Waals surface area contributed by atoms with E-state index in [2.05, 4.69) is 20.2 Å². The summed E-state index contributed by atoms with van der Waals surface area (Å²) in [5, 5.41) is 3.26. The zero-order valence-electron chi connectivity index (χ0n) is 14.3. The van der Waals surface area contributed by atoms with Gasteiger partial charge in [-0.25, -0.2) is 4.98 Å². The average Bonchev–Trinajstić information content (AvgIpc) is 3.17. The molecule has 2 aliphatic rings. The summed E-state index contributed by atoms with van der Waals surface area (Å²) in [6, 6.07) is 0.385. The number of hydrogen-bond acceptors (Lipinski definition) is 6. The summed E-state index contributed by atoms with van der Waals surface area (Å²) in [4.78, 5) is 11.9. The highest BCUT2D eigenvalue weighted by atomic mass is 35.5.